The highest BCUT2D eigenvalue weighted by atomic mass is 19.1. The number of hydrogen-bond acceptors (Lipinski definition) is 4. The molecule has 2 aromatic heterocycles. The largest absolute Gasteiger partial charge is 0.478 e. The first-order chi connectivity index (χ1) is 15.9. The molecule has 7 nitrogen and oxygen atoms in total. The number of aliphatic carboxylic acids is 2. The molecular weight excluding hydrogens is 425 g/mol. The van der Waals surface area contributed by atoms with Crippen LogP contribution in [0.15, 0.2) is 54.9 Å². The van der Waals surface area contributed by atoms with Gasteiger partial charge in [-0.25, -0.2) is 14.0 Å². The average Bonchev–Trinajstić information content (AvgIpc) is 3.30. The summed E-state index contributed by atoms with van der Waals surface area (Å²) >= 11 is 0. The summed E-state index contributed by atoms with van der Waals surface area (Å²) in [5.74, 6) is -2.67. The van der Waals surface area contributed by atoms with Crippen LogP contribution in [0.2, 0.25) is 0 Å². The van der Waals surface area contributed by atoms with Crippen LogP contribution in [-0.4, -0.2) is 43.1 Å². The van der Waals surface area contributed by atoms with Crippen LogP contribution in [0.5, 0.6) is 0 Å². The highest BCUT2D eigenvalue weighted by Gasteiger charge is 2.44. The van der Waals surface area contributed by atoms with E-state index in [-0.39, 0.29) is 5.82 Å². The van der Waals surface area contributed by atoms with Crippen LogP contribution in [0.4, 0.5) is 4.39 Å². The Labute approximate surface area is 190 Å². The Bertz CT molecular complexity index is 1180. The second-order valence-corrected chi connectivity index (χ2v) is 8.33. The maximum Gasteiger partial charge on any atom is 0.328 e. The van der Waals surface area contributed by atoms with Gasteiger partial charge >= 0.3 is 11.9 Å². The molecule has 3 N–H and O–H groups in total. The molecule has 3 unspecified atom stereocenters. The number of carboxylic acids is 2. The van der Waals surface area contributed by atoms with Crippen molar-refractivity contribution in [2.45, 2.75) is 50.7 Å². The number of carbonyl (C=O) groups is 2. The molecule has 0 radical (unpaired) electrons. The van der Waals surface area contributed by atoms with Crippen LogP contribution >= 0.6 is 0 Å². The van der Waals surface area contributed by atoms with Crippen molar-refractivity contribution in [2.24, 2.45) is 0 Å². The van der Waals surface area contributed by atoms with Gasteiger partial charge in [0.1, 0.15) is 5.82 Å². The van der Waals surface area contributed by atoms with Crippen molar-refractivity contribution >= 4 is 22.8 Å². The number of carboxylic acid groups (broad SMARTS) is 2. The number of nitrogens with zero attached hydrogens (tertiary/aromatic N) is 2. The lowest BCUT2D eigenvalue weighted by Crippen LogP contribution is -2.40. The predicted molar refractivity (Wildman–Crippen MR) is 121 cm³/mol. The summed E-state index contributed by atoms with van der Waals surface area (Å²) in [5, 5.41) is 16.7. The number of nitrogens with one attached hydrogen (secondary N) is 1. The number of hydrogen-bond donors (Lipinski definition) is 3. The van der Waals surface area contributed by atoms with E-state index in [0.29, 0.717) is 30.3 Å². The normalized spacial score (nSPS) is 20.3. The number of aromatic nitrogens is 2. The minimum atomic E-state index is -1.26. The van der Waals surface area contributed by atoms with Gasteiger partial charge in [0.05, 0.1) is 0 Å². The van der Waals surface area contributed by atoms with Gasteiger partial charge in [0.15, 0.2) is 0 Å². The van der Waals surface area contributed by atoms with Crippen LogP contribution in [0.25, 0.3) is 10.9 Å². The summed E-state index contributed by atoms with van der Waals surface area (Å²) in [6.07, 6.45) is 9.40. The summed E-state index contributed by atoms with van der Waals surface area (Å²) in [7, 11) is 0. The van der Waals surface area contributed by atoms with Gasteiger partial charge < -0.3 is 15.2 Å². The average molecular weight is 451 g/mol. The smallest absolute Gasteiger partial charge is 0.328 e. The van der Waals surface area contributed by atoms with Crippen molar-refractivity contribution < 1.29 is 24.2 Å². The van der Waals surface area contributed by atoms with E-state index in [0.717, 1.165) is 30.2 Å². The number of fused-ring (bicyclic) bond motifs is 6. The zero-order valence-electron chi connectivity index (χ0n) is 18.2. The minimum Gasteiger partial charge on any atom is -0.478 e. The molecule has 2 bridgehead atoms. The molecule has 0 amide bonds. The molecule has 1 aromatic carbocycles. The monoisotopic (exact) mass is 451 g/mol. The summed E-state index contributed by atoms with van der Waals surface area (Å²) in [5.41, 5.74) is 4.99. The Balaban J connectivity index is 0.000000281. The van der Waals surface area contributed by atoms with E-state index in [9.17, 15) is 14.0 Å². The SMILES string of the molecule is CCC(c1cccnc1)N1C2CCC1c1c([nH]c3ccc(F)cc13)C2.O=C(O)/C=C/C(=O)O. The summed E-state index contributed by atoms with van der Waals surface area (Å²) in [6.45, 7) is 2.25. The van der Waals surface area contributed by atoms with Crippen molar-refractivity contribution in [1.29, 1.82) is 0 Å². The van der Waals surface area contributed by atoms with E-state index < -0.39 is 11.9 Å². The van der Waals surface area contributed by atoms with Crippen molar-refractivity contribution in [2.75, 3.05) is 0 Å². The topological polar surface area (TPSA) is 107 Å². The van der Waals surface area contributed by atoms with E-state index in [1.165, 1.54) is 23.2 Å². The molecule has 33 heavy (non-hydrogen) atoms. The number of pyridine rings is 1. The highest BCUT2D eigenvalue weighted by Crippen LogP contribution is 2.50. The van der Waals surface area contributed by atoms with Gasteiger partial charge in [-0.15, -0.1) is 0 Å². The maximum absolute atomic E-state index is 13.9. The second-order valence-electron chi connectivity index (χ2n) is 8.33. The number of rotatable bonds is 5. The summed E-state index contributed by atoms with van der Waals surface area (Å²) in [4.78, 5) is 29.7. The fourth-order valence-corrected chi connectivity index (χ4v) is 5.23. The van der Waals surface area contributed by atoms with Gasteiger partial charge in [-0.3, -0.25) is 9.88 Å². The third-order valence-corrected chi connectivity index (χ3v) is 6.39. The Kier molecular flexibility index (Phi) is 6.55. The Morgan fingerprint density at radius 1 is 1.24 bits per heavy atom. The van der Waals surface area contributed by atoms with Gasteiger partial charge in [0.2, 0.25) is 0 Å². The van der Waals surface area contributed by atoms with Crippen LogP contribution in [0, 0.1) is 5.82 Å². The molecule has 2 aliphatic heterocycles. The zero-order valence-corrected chi connectivity index (χ0v) is 18.2. The molecule has 8 heteroatoms. The highest BCUT2D eigenvalue weighted by molar-refractivity contribution is 5.89. The number of H-pyrrole nitrogens is 1. The summed E-state index contributed by atoms with van der Waals surface area (Å²) in [6, 6.07) is 10.6. The van der Waals surface area contributed by atoms with Crippen LogP contribution < -0.4 is 0 Å². The number of halogens is 1. The Morgan fingerprint density at radius 2 is 2.00 bits per heavy atom. The molecule has 5 rings (SSSR count). The lowest BCUT2D eigenvalue weighted by Gasteiger charge is -2.40. The van der Waals surface area contributed by atoms with Gasteiger partial charge in [0.25, 0.3) is 0 Å². The number of aromatic amines is 1. The van der Waals surface area contributed by atoms with E-state index in [4.69, 9.17) is 10.2 Å². The fraction of sp³-hybridized carbons (Fsp3) is 0.320. The van der Waals surface area contributed by atoms with Crippen molar-refractivity contribution in [3.63, 3.8) is 0 Å². The van der Waals surface area contributed by atoms with E-state index in [1.807, 2.05) is 24.5 Å². The van der Waals surface area contributed by atoms with Crippen LogP contribution in [0.1, 0.15) is 55.1 Å². The van der Waals surface area contributed by atoms with E-state index in [1.54, 1.807) is 12.1 Å². The van der Waals surface area contributed by atoms with Crippen molar-refractivity contribution in [3.8, 4) is 0 Å². The van der Waals surface area contributed by atoms with Gasteiger partial charge in [-0.2, -0.15) is 0 Å². The molecule has 0 aliphatic carbocycles. The zero-order chi connectivity index (χ0) is 23.5. The first-order valence-corrected chi connectivity index (χ1v) is 11.0. The lowest BCUT2D eigenvalue weighted by molar-refractivity contribution is -0.134. The van der Waals surface area contributed by atoms with Crippen LogP contribution in [0.3, 0.4) is 0 Å². The second kappa shape index (κ2) is 9.54. The molecule has 172 valence electrons. The first-order valence-electron chi connectivity index (χ1n) is 11.0. The third-order valence-electron chi connectivity index (χ3n) is 6.39. The molecule has 2 aliphatic rings. The number of benzene rings is 1. The van der Waals surface area contributed by atoms with Crippen molar-refractivity contribution in [1.82, 2.24) is 14.9 Å². The molecule has 4 heterocycles. The van der Waals surface area contributed by atoms with E-state index in [2.05, 4.69) is 27.9 Å². The standard InChI is InChI=1S/C21H22FN3.C4H4O4/c1-2-19(13-4-3-9-23-12-13)25-15-6-8-20(25)21-16-10-14(22)5-7-17(16)24-18(21)11-15;5-3(6)1-2-4(7)8/h3-5,7,9-10,12,15,19-20,24H,2,6,8,11H2,1H3;1-2H,(H,5,6)(H,7,8)/b;2-1+. The third kappa shape index (κ3) is 4.66. The molecule has 1 saturated heterocycles. The lowest BCUT2D eigenvalue weighted by atomic mass is 9.92. The molecule has 0 spiro atoms. The molecule has 3 atom stereocenters. The molecule has 3 aromatic rings. The Morgan fingerprint density at radius 3 is 2.64 bits per heavy atom. The molecule has 0 saturated carbocycles. The van der Waals surface area contributed by atoms with Gasteiger partial charge in [-0.1, -0.05) is 13.0 Å². The predicted octanol–water partition coefficient (Wildman–Crippen LogP) is 4.63. The van der Waals surface area contributed by atoms with Crippen molar-refractivity contribution in [3.05, 3.63) is 77.5 Å². The molecular formula is C25H26FN3O4. The van der Waals surface area contributed by atoms with Crippen LogP contribution in [-0.2, 0) is 16.0 Å². The van der Waals surface area contributed by atoms with E-state index >= 15 is 0 Å². The van der Waals surface area contributed by atoms with Gasteiger partial charge in [-0.05, 0) is 54.7 Å². The maximum atomic E-state index is 13.9. The molecule has 1 fully saturated rings. The fourth-order valence-electron chi connectivity index (χ4n) is 5.23. The summed E-state index contributed by atoms with van der Waals surface area (Å²) < 4.78 is 13.9. The Hall–Kier alpha value is -3.52. The minimum absolute atomic E-state index is 0.153. The first kappa shape index (κ1) is 22.7. The van der Waals surface area contributed by atoms with Gasteiger partial charge in [0, 0.05) is 65.7 Å². The quantitative estimate of drug-likeness (QED) is 0.489.